The Hall–Kier alpha value is -0.560. The van der Waals surface area contributed by atoms with Crippen molar-refractivity contribution < 1.29 is 0 Å². The summed E-state index contributed by atoms with van der Waals surface area (Å²) in [4.78, 5) is 0. The van der Waals surface area contributed by atoms with Gasteiger partial charge in [0.2, 0.25) is 0 Å². The van der Waals surface area contributed by atoms with Crippen LogP contribution in [0, 0.1) is 11.3 Å². The second-order valence-corrected chi connectivity index (χ2v) is 5.10. The van der Waals surface area contributed by atoms with E-state index in [9.17, 15) is 0 Å². The molecule has 0 radical (unpaired) electrons. The summed E-state index contributed by atoms with van der Waals surface area (Å²) < 4.78 is 1.70. The Morgan fingerprint density at radius 1 is 1.43 bits per heavy atom. The van der Waals surface area contributed by atoms with Crippen LogP contribution in [0.4, 0.5) is 0 Å². The highest BCUT2D eigenvalue weighted by Crippen LogP contribution is 2.33. The van der Waals surface area contributed by atoms with Gasteiger partial charge in [-0.15, -0.1) is 11.3 Å². The monoisotopic (exact) mass is 285 g/mol. The van der Waals surface area contributed by atoms with Crippen molar-refractivity contribution in [2.75, 3.05) is 0 Å². The number of thiophene rings is 1. The summed E-state index contributed by atoms with van der Waals surface area (Å²) in [7, 11) is 0. The van der Waals surface area contributed by atoms with E-state index in [4.69, 9.17) is 16.9 Å². The molecule has 14 heavy (non-hydrogen) atoms. The number of nitriles is 1. The summed E-state index contributed by atoms with van der Waals surface area (Å²) in [6.45, 7) is 0. The van der Waals surface area contributed by atoms with Gasteiger partial charge in [-0.2, -0.15) is 5.26 Å². The summed E-state index contributed by atoms with van der Waals surface area (Å²) >= 11 is 10.7. The Bertz CT molecular complexity index is 527. The first kappa shape index (κ1) is 9.97. The van der Waals surface area contributed by atoms with Crippen LogP contribution in [0.3, 0.4) is 0 Å². The highest BCUT2D eigenvalue weighted by atomic mass is 79.9. The van der Waals surface area contributed by atoms with E-state index in [1.54, 1.807) is 0 Å². The third-order valence-corrected chi connectivity index (χ3v) is 3.88. The maximum absolute atomic E-state index is 8.96. The lowest BCUT2D eigenvalue weighted by Gasteiger charge is -1.97. The van der Waals surface area contributed by atoms with Crippen molar-refractivity contribution in [3.8, 4) is 6.07 Å². The van der Waals surface area contributed by atoms with E-state index in [-0.39, 0.29) is 0 Å². The Morgan fingerprint density at radius 3 is 2.86 bits per heavy atom. The molecule has 2 rings (SSSR count). The van der Waals surface area contributed by atoms with E-state index in [0.717, 1.165) is 25.3 Å². The van der Waals surface area contributed by atoms with Gasteiger partial charge in [0.05, 0.1) is 14.6 Å². The Labute approximate surface area is 99.0 Å². The van der Waals surface area contributed by atoms with Crippen molar-refractivity contribution in [3.05, 3.63) is 33.7 Å². The molecule has 1 aromatic heterocycles. The largest absolute Gasteiger partial charge is 0.192 e. The van der Waals surface area contributed by atoms with E-state index in [2.05, 4.69) is 22.0 Å². The zero-order valence-corrected chi connectivity index (χ0v) is 10.2. The molecule has 1 aromatic carbocycles. The van der Waals surface area contributed by atoms with Crippen LogP contribution in [0.1, 0.15) is 11.1 Å². The van der Waals surface area contributed by atoms with Crippen LogP contribution in [0.15, 0.2) is 18.2 Å². The van der Waals surface area contributed by atoms with Crippen LogP contribution in [-0.2, 0) is 5.33 Å². The first-order valence-corrected chi connectivity index (χ1v) is 6.24. The van der Waals surface area contributed by atoms with Crippen molar-refractivity contribution in [2.45, 2.75) is 5.33 Å². The van der Waals surface area contributed by atoms with Crippen LogP contribution in [-0.4, -0.2) is 0 Å². The van der Waals surface area contributed by atoms with E-state index in [1.165, 1.54) is 11.3 Å². The number of fused-ring (bicyclic) bond motifs is 1. The zero-order valence-electron chi connectivity index (χ0n) is 7.05. The van der Waals surface area contributed by atoms with Gasteiger partial charge in [-0.3, -0.25) is 0 Å². The Morgan fingerprint density at radius 2 is 2.21 bits per heavy atom. The molecular formula is C10H5BrClNS. The molecule has 0 unspecified atom stereocenters. The molecule has 1 nitrogen and oxygen atoms in total. The van der Waals surface area contributed by atoms with Gasteiger partial charge >= 0.3 is 0 Å². The predicted molar refractivity (Wildman–Crippen MR) is 64.2 cm³/mol. The maximum Gasteiger partial charge on any atom is 0.101 e. The molecule has 0 aliphatic heterocycles. The lowest BCUT2D eigenvalue weighted by atomic mass is 10.1. The van der Waals surface area contributed by atoms with Crippen LogP contribution in [0.25, 0.3) is 10.1 Å². The molecule has 0 saturated carbocycles. The molecule has 0 fully saturated rings. The fourth-order valence-electron chi connectivity index (χ4n) is 1.34. The molecule has 70 valence electrons. The van der Waals surface area contributed by atoms with Gasteiger partial charge in [0, 0.05) is 5.33 Å². The topological polar surface area (TPSA) is 23.8 Å². The van der Waals surface area contributed by atoms with Crippen LogP contribution in [0.2, 0.25) is 4.34 Å². The minimum Gasteiger partial charge on any atom is -0.192 e. The summed E-state index contributed by atoms with van der Waals surface area (Å²) in [6.07, 6.45) is 0. The van der Waals surface area contributed by atoms with E-state index in [0.29, 0.717) is 5.56 Å². The molecule has 0 aliphatic rings. The average molecular weight is 287 g/mol. The van der Waals surface area contributed by atoms with E-state index < -0.39 is 0 Å². The maximum atomic E-state index is 8.96. The third-order valence-electron chi connectivity index (χ3n) is 1.92. The molecule has 0 saturated heterocycles. The second kappa shape index (κ2) is 3.90. The number of halogens is 2. The number of hydrogen-bond donors (Lipinski definition) is 0. The minimum atomic E-state index is 0.703. The first-order chi connectivity index (χ1) is 6.74. The van der Waals surface area contributed by atoms with Gasteiger partial charge < -0.3 is 0 Å². The van der Waals surface area contributed by atoms with Crippen molar-refractivity contribution in [1.82, 2.24) is 0 Å². The van der Waals surface area contributed by atoms with Gasteiger partial charge in [-0.1, -0.05) is 27.5 Å². The molecule has 0 atom stereocenters. The molecule has 0 amide bonds. The fourth-order valence-corrected chi connectivity index (χ4v) is 2.85. The van der Waals surface area contributed by atoms with E-state index in [1.807, 2.05) is 18.2 Å². The van der Waals surface area contributed by atoms with Crippen molar-refractivity contribution >= 4 is 49.0 Å². The quantitative estimate of drug-likeness (QED) is 0.716. The highest BCUT2D eigenvalue weighted by Gasteiger charge is 2.06. The summed E-state index contributed by atoms with van der Waals surface area (Å²) in [5.41, 5.74) is 1.80. The van der Waals surface area contributed by atoms with Gasteiger partial charge in [-0.05, 0) is 29.1 Å². The van der Waals surface area contributed by atoms with Gasteiger partial charge in [0.1, 0.15) is 6.07 Å². The fraction of sp³-hybridized carbons (Fsp3) is 0.100. The molecule has 1 heterocycles. The number of alkyl halides is 1. The molecule has 0 N–H and O–H groups in total. The van der Waals surface area contributed by atoms with Gasteiger partial charge in [-0.25, -0.2) is 0 Å². The zero-order chi connectivity index (χ0) is 10.1. The molecule has 4 heteroatoms. The van der Waals surface area contributed by atoms with Crippen LogP contribution in [0.5, 0.6) is 0 Å². The number of hydrogen-bond acceptors (Lipinski definition) is 2. The molecule has 0 aliphatic carbocycles. The average Bonchev–Trinajstić information content (AvgIpc) is 2.56. The van der Waals surface area contributed by atoms with Crippen molar-refractivity contribution in [1.29, 1.82) is 5.26 Å². The number of benzene rings is 1. The molecule has 0 bridgehead atoms. The van der Waals surface area contributed by atoms with E-state index >= 15 is 0 Å². The van der Waals surface area contributed by atoms with Crippen molar-refractivity contribution in [3.63, 3.8) is 0 Å². The second-order valence-electron chi connectivity index (χ2n) is 2.86. The molecule has 0 spiro atoms. The molecule has 2 aromatic rings. The minimum absolute atomic E-state index is 0.703. The first-order valence-electron chi connectivity index (χ1n) is 3.92. The number of rotatable bonds is 1. The smallest absolute Gasteiger partial charge is 0.101 e. The third kappa shape index (κ3) is 1.66. The Balaban J connectivity index is 2.80. The lowest BCUT2D eigenvalue weighted by Crippen LogP contribution is -1.80. The molecular weight excluding hydrogens is 282 g/mol. The summed E-state index contributed by atoms with van der Waals surface area (Å²) in [5, 5.41) is 10.8. The van der Waals surface area contributed by atoms with Crippen molar-refractivity contribution in [2.24, 2.45) is 0 Å². The van der Waals surface area contributed by atoms with Crippen LogP contribution >= 0.6 is 38.9 Å². The SMILES string of the molecule is N#Cc1cc(CBr)cc2cc(Cl)sc12. The summed E-state index contributed by atoms with van der Waals surface area (Å²) in [6, 6.07) is 8.03. The van der Waals surface area contributed by atoms with Crippen LogP contribution < -0.4 is 0 Å². The summed E-state index contributed by atoms with van der Waals surface area (Å²) in [5.74, 6) is 0. The van der Waals surface area contributed by atoms with Gasteiger partial charge in [0.15, 0.2) is 0 Å². The number of nitrogens with zero attached hydrogens (tertiary/aromatic N) is 1. The normalized spacial score (nSPS) is 10.4. The predicted octanol–water partition coefficient (Wildman–Crippen LogP) is 4.32. The highest BCUT2D eigenvalue weighted by molar-refractivity contribution is 9.08. The lowest BCUT2D eigenvalue weighted by molar-refractivity contribution is 1.44. The van der Waals surface area contributed by atoms with Gasteiger partial charge in [0.25, 0.3) is 0 Å². The standard InChI is InChI=1S/C10H5BrClNS/c11-4-6-1-7-3-9(12)14-10(7)8(2-6)5-13/h1-3H,4H2. The Kier molecular flexibility index (Phi) is 2.78.